The molecule has 6 nitrogen and oxygen atoms in total. The van der Waals surface area contributed by atoms with Crippen molar-refractivity contribution < 1.29 is 14.7 Å². The predicted molar refractivity (Wildman–Crippen MR) is 82.9 cm³/mol. The first-order valence-electron chi connectivity index (χ1n) is 7.64. The Morgan fingerprint density at radius 3 is 2.36 bits per heavy atom. The van der Waals surface area contributed by atoms with Crippen molar-refractivity contribution in [3.05, 3.63) is 17.5 Å². The molecule has 1 aromatic heterocycles. The zero-order chi connectivity index (χ0) is 16.7. The summed E-state index contributed by atoms with van der Waals surface area (Å²) >= 11 is 0. The van der Waals surface area contributed by atoms with Gasteiger partial charge in [0, 0.05) is 18.2 Å². The topological polar surface area (TPSA) is 84.2 Å². The third-order valence-corrected chi connectivity index (χ3v) is 3.87. The van der Waals surface area contributed by atoms with Gasteiger partial charge in [-0.1, -0.05) is 0 Å². The molecule has 1 fully saturated rings. The van der Waals surface area contributed by atoms with Crippen LogP contribution >= 0.6 is 0 Å². The van der Waals surface area contributed by atoms with E-state index in [2.05, 4.69) is 31.2 Å². The number of nitrogens with zero attached hydrogens (tertiary/aromatic N) is 2. The van der Waals surface area contributed by atoms with Crippen LogP contribution in [-0.4, -0.2) is 33.3 Å². The molecule has 0 unspecified atom stereocenters. The van der Waals surface area contributed by atoms with E-state index in [1.807, 2.05) is 10.7 Å². The molecule has 0 aliphatic heterocycles. The lowest BCUT2D eigenvalue weighted by molar-refractivity contribution is -0.146. The van der Waals surface area contributed by atoms with Gasteiger partial charge in [0.2, 0.25) is 0 Å². The van der Waals surface area contributed by atoms with E-state index in [0.29, 0.717) is 11.6 Å². The number of carboxylic acids is 1. The van der Waals surface area contributed by atoms with Crippen LogP contribution in [0.25, 0.3) is 0 Å². The van der Waals surface area contributed by atoms with Crippen LogP contribution in [0, 0.1) is 5.41 Å². The van der Waals surface area contributed by atoms with Gasteiger partial charge in [-0.2, -0.15) is 5.10 Å². The number of hydrogen-bond donors (Lipinski definition) is 2. The largest absolute Gasteiger partial charge is 0.481 e. The first kappa shape index (κ1) is 16.5. The van der Waals surface area contributed by atoms with Crippen molar-refractivity contribution in [3.63, 3.8) is 0 Å². The van der Waals surface area contributed by atoms with Crippen LogP contribution in [0.1, 0.15) is 69.6 Å². The molecule has 0 spiro atoms. The summed E-state index contributed by atoms with van der Waals surface area (Å²) in [4.78, 5) is 23.4. The van der Waals surface area contributed by atoms with Gasteiger partial charge >= 0.3 is 5.97 Å². The average molecular weight is 307 g/mol. The molecule has 1 aromatic rings. The van der Waals surface area contributed by atoms with Crippen LogP contribution in [0.5, 0.6) is 0 Å². The highest BCUT2D eigenvalue weighted by Crippen LogP contribution is 2.41. The van der Waals surface area contributed by atoms with Gasteiger partial charge in [-0.25, -0.2) is 0 Å². The Bertz CT molecular complexity index is 592. The molecule has 0 saturated heterocycles. The Morgan fingerprint density at radius 2 is 1.91 bits per heavy atom. The molecule has 0 radical (unpaired) electrons. The number of rotatable bonds is 5. The number of amides is 1. The Labute approximate surface area is 130 Å². The average Bonchev–Trinajstić information content (AvgIpc) is 3.13. The molecule has 2 N–H and O–H groups in total. The van der Waals surface area contributed by atoms with E-state index in [-0.39, 0.29) is 18.0 Å². The van der Waals surface area contributed by atoms with E-state index in [0.717, 1.165) is 18.5 Å². The minimum atomic E-state index is -0.998. The van der Waals surface area contributed by atoms with Gasteiger partial charge in [0.1, 0.15) is 5.69 Å². The molecule has 122 valence electrons. The van der Waals surface area contributed by atoms with Gasteiger partial charge in [-0.3, -0.25) is 14.3 Å². The lowest BCUT2D eigenvalue weighted by atomic mass is 9.94. The number of aliphatic carboxylic acids is 1. The number of carbonyl (C=O) groups is 2. The van der Waals surface area contributed by atoms with Crippen LogP contribution < -0.4 is 5.32 Å². The van der Waals surface area contributed by atoms with Crippen LogP contribution in [0.3, 0.4) is 0 Å². The minimum Gasteiger partial charge on any atom is -0.481 e. The van der Waals surface area contributed by atoms with E-state index in [1.54, 1.807) is 13.8 Å². The third kappa shape index (κ3) is 3.48. The molecule has 1 aliphatic carbocycles. The van der Waals surface area contributed by atoms with Crippen molar-refractivity contribution in [2.24, 2.45) is 5.41 Å². The van der Waals surface area contributed by atoms with E-state index in [9.17, 15) is 9.59 Å². The summed E-state index contributed by atoms with van der Waals surface area (Å²) in [5, 5.41) is 16.2. The normalized spacial score (nSPS) is 15.7. The van der Waals surface area contributed by atoms with Crippen molar-refractivity contribution in [2.75, 3.05) is 6.54 Å². The van der Waals surface area contributed by atoms with Gasteiger partial charge in [0.15, 0.2) is 0 Å². The zero-order valence-corrected chi connectivity index (χ0v) is 13.9. The highest BCUT2D eigenvalue weighted by atomic mass is 16.4. The van der Waals surface area contributed by atoms with Gasteiger partial charge in [0.25, 0.3) is 5.91 Å². The maximum absolute atomic E-state index is 12.3. The van der Waals surface area contributed by atoms with Crippen molar-refractivity contribution in [2.45, 2.75) is 58.9 Å². The van der Waals surface area contributed by atoms with Crippen LogP contribution in [-0.2, 0) is 10.3 Å². The fourth-order valence-corrected chi connectivity index (χ4v) is 2.18. The highest BCUT2D eigenvalue weighted by molar-refractivity contribution is 5.92. The van der Waals surface area contributed by atoms with Crippen LogP contribution in [0.4, 0.5) is 0 Å². The molecule has 1 heterocycles. The van der Waals surface area contributed by atoms with Crippen molar-refractivity contribution in [1.82, 2.24) is 15.1 Å². The number of nitrogens with one attached hydrogen (secondary N) is 1. The molecule has 1 saturated carbocycles. The van der Waals surface area contributed by atoms with Crippen LogP contribution in [0.15, 0.2) is 6.07 Å². The van der Waals surface area contributed by atoms with E-state index in [1.165, 1.54) is 0 Å². The number of aromatic nitrogens is 2. The molecule has 0 atom stereocenters. The van der Waals surface area contributed by atoms with Crippen molar-refractivity contribution >= 4 is 11.9 Å². The predicted octanol–water partition coefficient (Wildman–Crippen LogP) is 2.36. The zero-order valence-electron chi connectivity index (χ0n) is 13.9. The molecular weight excluding hydrogens is 282 g/mol. The fraction of sp³-hybridized carbons (Fsp3) is 0.688. The van der Waals surface area contributed by atoms with Gasteiger partial charge in [-0.15, -0.1) is 0 Å². The second-order valence-corrected chi connectivity index (χ2v) is 7.68. The number of carbonyl (C=O) groups excluding carboxylic acids is 1. The fourth-order valence-electron chi connectivity index (χ4n) is 2.18. The van der Waals surface area contributed by atoms with Crippen molar-refractivity contribution in [1.29, 1.82) is 0 Å². The van der Waals surface area contributed by atoms with Gasteiger partial charge in [0.05, 0.1) is 11.0 Å². The van der Waals surface area contributed by atoms with Crippen molar-refractivity contribution in [3.8, 4) is 0 Å². The number of hydrogen-bond acceptors (Lipinski definition) is 3. The maximum atomic E-state index is 12.3. The number of carboxylic acid groups (broad SMARTS) is 1. The Hall–Kier alpha value is -1.85. The highest BCUT2D eigenvalue weighted by Gasteiger charge is 2.33. The molecule has 0 aromatic carbocycles. The molecule has 1 aliphatic rings. The standard InChI is InChI=1S/C16H25N3O3/c1-15(2,3)19-12(10-6-7-10)8-11(18-19)13(20)17-9-16(4,5)14(21)22/h8,10H,6-7,9H2,1-5H3,(H,17,20)(H,21,22). The second kappa shape index (κ2) is 5.41. The first-order chi connectivity index (χ1) is 10.0. The smallest absolute Gasteiger partial charge is 0.310 e. The van der Waals surface area contributed by atoms with Gasteiger partial charge in [-0.05, 0) is 53.5 Å². The molecule has 22 heavy (non-hydrogen) atoms. The first-order valence-corrected chi connectivity index (χ1v) is 7.64. The SMILES string of the molecule is CC(C)(CNC(=O)c1cc(C2CC2)n(C(C)(C)C)n1)C(=O)O. The Kier molecular flexibility index (Phi) is 4.06. The summed E-state index contributed by atoms with van der Waals surface area (Å²) < 4.78 is 1.92. The molecule has 2 rings (SSSR count). The molecule has 0 bridgehead atoms. The lowest BCUT2D eigenvalue weighted by Crippen LogP contribution is -2.39. The summed E-state index contributed by atoms with van der Waals surface area (Å²) in [7, 11) is 0. The van der Waals surface area contributed by atoms with Crippen LogP contribution in [0.2, 0.25) is 0 Å². The van der Waals surface area contributed by atoms with Gasteiger partial charge < -0.3 is 10.4 Å². The minimum absolute atomic E-state index is 0.0717. The lowest BCUT2D eigenvalue weighted by Gasteiger charge is -2.22. The Morgan fingerprint density at radius 1 is 1.32 bits per heavy atom. The Balaban J connectivity index is 2.15. The summed E-state index contributed by atoms with van der Waals surface area (Å²) in [5.41, 5.74) is 0.270. The molecular formula is C16H25N3O3. The van der Waals surface area contributed by atoms with E-state index in [4.69, 9.17) is 5.11 Å². The van der Waals surface area contributed by atoms with E-state index >= 15 is 0 Å². The molecule has 1 amide bonds. The summed E-state index contributed by atoms with van der Waals surface area (Å²) in [5.74, 6) is -0.769. The van der Waals surface area contributed by atoms with E-state index < -0.39 is 11.4 Å². The third-order valence-electron chi connectivity index (χ3n) is 3.87. The maximum Gasteiger partial charge on any atom is 0.310 e. The monoisotopic (exact) mass is 307 g/mol. The second-order valence-electron chi connectivity index (χ2n) is 7.68. The summed E-state index contributed by atoms with van der Waals surface area (Å²) in [6.07, 6.45) is 2.27. The summed E-state index contributed by atoms with van der Waals surface area (Å²) in [6.45, 7) is 9.41. The summed E-state index contributed by atoms with van der Waals surface area (Å²) in [6, 6.07) is 1.84. The quantitative estimate of drug-likeness (QED) is 0.874. The molecule has 6 heteroatoms.